The van der Waals surface area contributed by atoms with E-state index in [1.165, 1.54) is 29.2 Å². The van der Waals surface area contributed by atoms with Gasteiger partial charge in [-0.2, -0.15) is 9.90 Å². The van der Waals surface area contributed by atoms with Crippen molar-refractivity contribution in [1.82, 2.24) is 25.6 Å². The molecule has 4 aromatic rings. The van der Waals surface area contributed by atoms with E-state index in [-0.39, 0.29) is 10.7 Å². The molecular formula is C22H16ClN7O3. The molecule has 10 nitrogen and oxygen atoms in total. The number of hydrogen-bond acceptors (Lipinski definition) is 7. The summed E-state index contributed by atoms with van der Waals surface area (Å²) in [6.45, 7) is 0.394. The molecule has 4 rings (SSSR count). The Morgan fingerprint density at radius 3 is 2.61 bits per heavy atom. The van der Waals surface area contributed by atoms with Gasteiger partial charge in [0.2, 0.25) is 5.82 Å². The van der Waals surface area contributed by atoms with Crippen molar-refractivity contribution >= 4 is 29.4 Å². The maximum absolute atomic E-state index is 12.3. The van der Waals surface area contributed by atoms with Crippen molar-refractivity contribution in [1.29, 1.82) is 0 Å². The molecule has 0 fully saturated rings. The molecule has 0 saturated heterocycles. The van der Waals surface area contributed by atoms with Gasteiger partial charge >= 0.3 is 0 Å². The highest BCUT2D eigenvalue weighted by atomic mass is 35.5. The zero-order valence-corrected chi connectivity index (χ0v) is 17.8. The van der Waals surface area contributed by atoms with Crippen LogP contribution < -0.4 is 5.43 Å². The zero-order valence-electron chi connectivity index (χ0n) is 17.0. The number of amides is 1. The number of nitro benzene ring substituents is 1. The molecule has 11 heteroatoms. The number of halogens is 1. The minimum atomic E-state index is -0.537. The fraction of sp³-hybridized carbons (Fsp3) is 0.0455. The smallest absolute Gasteiger partial charge is 0.267 e. The first-order valence-electron chi connectivity index (χ1n) is 9.69. The van der Waals surface area contributed by atoms with E-state index in [9.17, 15) is 14.9 Å². The van der Waals surface area contributed by atoms with Crippen molar-refractivity contribution in [3.05, 3.63) is 105 Å². The Kier molecular flexibility index (Phi) is 6.46. The Morgan fingerprint density at radius 2 is 1.88 bits per heavy atom. The maximum atomic E-state index is 12.3. The predicted molar refractivity (Wildman–Crippen MR) is 122 cm³/mol. The molecule has 1 aromatic heterocycles. The Bertz CT molecular complexity index is 1320. The van der Waals surface area contributed by atoms with Crippen LogP contribution in [0.4, 0.5) is 5.69 Å². The third kappa shape index (κ3) is 5.43. The van der Waals surface area contributed by atoms with Crippen LogP contribution in [-0.2, 0) is 6.54 Å². The number of carbonyl (C=O) groups is 1. The summed E-state index contributed by atoms with van der Waals surface area (Å²) in [5, 5.41) is 27.5. The number of nitro groups is 1. The van der Waals surface area contributed by atoms with Crippen LogP contribution in [-0.4, -0.2) is 37.3 Å². The van der Waals surface area contributed by atoms with Gasteiger partial charge in [0, 0.05) is 33.8 Å². The van der Waals surface area contributed by atoms with E-state index >= 15 is 0 Å². The van der Waals surface area contributed by atoms with Gasteiger partial charge in [-0.3, -0.25) is 14.9 Å². The van der Waals surface area contributed by atoms with E-state index in [0.717, 1.165) is 11.1 Å². The lowest BCUT2D eigenvalue weighted by atomic mass is 10.1. The molecule has 0 unspecified atom stereocenters. The monoisotopic (exact) mass is 461 g/mol. The molecule has 1 heterocycles. The van der Waals surface area contributed by atoms with Crippen LogP contribution in [0.5, 0.6) is 0 Å². The van der Waals surface area contributed by atoms with Crippen molar-refractivity contribution in [3.8, 4) is 11.4 Å². The molecule has 33 heavy (non-hydrogen) atoms. The SMILES string of the molecule is O=C(N/N=C/c1cc([N+](=O)[O-])ccc1Cl)c1ccc(Cn2nnc(-c3ccccc3)n2)cc1. The third-order valence-electron chi connectivity index (χ3n) is 4.59. The number of non-ortho nitro benzene ring substituents is 1. The van der Waals surface area contributed by atoms with E-state index in [1.54, 1.807) is 24.3 Å². The quantitative estimate of drug-likeness (QED) is 0.254. The van der Waals surface area contributed by atoms with Crippen LogP contribution in [0.2, 0.25) is 5.02 Å². The summed E-state index contributed by atoms with van der Waals surface area (Å²) < 4.78 is 0. The van der Waals surface area contributed by atoms with Gasteiger partial charge in [0.1, 0.15) is 0 Å². The summed E-state index contributed by atoms with van der Waals surface area (Å²) in [5.74, 6) is 0.0953. The molecule has 0 spiro atoms. The standard InChI is InChI=1S/C22H16ClN7O3/c23-20-11-10-19(30(32)33)12-18(20)13-24-26-22(31)17-8-6-15(7-9-17)14-29-27-21(25-28-29)16-4-2-1-3-5-16/h1-13H,14H2,(H,26,31)/b24-13+. The Morgan fingerprint density at radius 1 is 1.12 bits per heavy atom. The van der Waals surface area contributed by atoms with Crippen molar-refractivity contribution in [2.45, 2.75) is 6.54 Å². The summed E-state index contributed by atoms with van der Waals surface area (Å²) >= 11 is 6.01. The second kappa shape index (κ2) is 9.79. The van der Waals surface area contributed by atoms with Gasteiger partial charge in [0.15, 0.2) is 0 Å². The number of aromatic nitrogens is 4. The lowest BCUT2D eigenvalue weighted by Crippen LogP contribution is -2.17. The molecule has 3 aromatic carbocycles. The van der Waals surface area contributed by atoms with Crippen molar-refractivity contribution in [3.63, 3.8) is 0 Å². The van der Waals surface area contributed by atoms with E-state index in [4.69, 9.17) is 11.6 Å². The fourth-order valence-electron chi connectivity index (χ4n) is 2.91. The number of hydrogen-bond donors (Lipinski definition) is 1. The molecule has 0 bridgehead atoms. The largest absolute Gasteiger partial charge is 0.271 e. The molecule has 0 aliphatic rings. The summed E-state index contributed by atoms with van der Waals surface area (Å²) in [4.78, 5) is 24.1. The van der Waals surface area contributed by atoms with Crippen LogP contribution in [0.25, 0.3) is 11.4 Å². The molecule has 0 aliphatic carbocycles. The Balaban J connectivity index is 1.37. The van der Waals surface area contributed by atoms with Gasteiger partial charge < -0.3 is 0 Å². The van der Waals surface area contributed by atoms with Crippen LogP contribution in [0.3, 0.4) is 0 Å². The molecule has 0 atom stereocenters. The highest BCUT2D eigenvalue weighted by Crippen LogP contribution is 2.20. The summed E-state index contributed by atoms with van der Waals surface area (Å²) in [7, 11) is 0. The van der Waals surface area contributed by atoms with Crippen LogP contribution in [0, 0.1) is 10.1 Å². The Labute approximate surface area is 192 Å². The van der Waals surface area contributed by atoms with Crippen molar-refractivity contribution in [2.75, 3.05) is 0 Å². The topological polar surface area (TPSA) is 128 Å². The number of nitrogens with one attached hydrogen (secondary N) is 1. The Hall–Kier alpha value is -4.44. The van der Waals surface area contributed by atoms with Gasteiger partial charge in [-0.25, -0.2) is 5.43 Å². The van der Waals surface area contributed by atoms with Crippen molar-refractivity contribution < 1.29 is 9.72 Å². The fourth-order valence-corrected chi connectivity index (χ4v) is 3.07. The number of rotatable bonds is 7. The number of tetrazole rings is 1. The molecule has 0 aliphatic heterocycles. The first-order valence-corrected chi connectivity index (χ1v) is 10.1. The molecule has 0 saturated carbocycles. The summed E-state index contributed by atoms with van der Waals surface area (Å²) in [6, 6.07) is 20.4. The van der Waals surface area contributed by atoms with Gasteiger partial charge in [0.25, 0.3) is 11.6 Å². The predicted octanol–water partition coefficient (Wildman–Crippen LogP) is 3.71. The summed E-state index contributed by atoms with van der Waals surface area (Å²) in [5.41, 5.74) is 4.72. The van der Waals surface area contributed by atoms with E-state index in [2.05, 4.69) is 25.9 Å². The molecule has 1 amide bonds. The number of hydrazone groups is 1. The van der Waals surface area contributed by atoms with E-state index in [1.807, 2.05) is 30.3 Å². The van der Waals surface area contributed by atoms with Crippen molar-refractivity contribution in [2.24, 2.45) is 5.10 Å². The first-order chi connectivity index (χ1) is 16.0. The average Bonchev–Trinajstić information content (AvgIpc) is 3.29. The highest BCUT2D eigenvalue weighted by Gasteiger charge is 2.10. The summed E-state index contributed by atoms with van der Waals surface area (Å²) in [6.07, 6.45) is 1.25. The number of benzene rings is 3. The second-order valence-corrected chi connectivity index (χ2v) is 7.28. The van der Waals surface area contributed by atoms with Gasteiger partial charge in [0.05, 0.1) is 17.7 Å². The van der Waals surface area contributed by atoms with Gasteiger partial charge in [-0.05, 0) is 29.0 Å². The molecular weight excluding hydrogens is 446 g/mol. The van der Waals surface area contributed by atoms with E-state index < -0.39 is 10.8 Å². The normalized spacial score (nSPS) is 10.9. The zero-order chi connectivity index (χ0) is 23.2. The highest BCUT2D eigenvalue weighted by molar-refractivity contribution is 6.33. The van der Waals surface area contributed by atoms with Gasteiger partial charge in [-0.15, -0.1) is 10.2 Å². The number of nitrogens with zero attached hydrogens (tertiary/aromatic N) is 6. The van der Waals surface area contributed by atoms with E-state index in [0.29, 0.717) is 23.5 Å². The van der Waals surface area contributed by atoms with Crippen LogP contribution >= 0.6 is 11.6 Å². The lowest BCUT2D eigenvalue weighted by molar-refractivity contribution is -0.384. The molecule has 164 valence electrons. The minimum Gasteiger partial charge on any atom is -0.267 e. The lowest BCUT2D eigenvalue weighted by Gasteiger charge is -2.03. The molecule has 0 radical (unpaired) electrons. The van der Waals surface area contributed by atoms with Crippen LogP contribution in [0.15, 0.2) is 77.9 Å². The van der Waals surface area contributed by atoms with Gasteiger partial charge in [-0.1, -0.05) is 54.1 Å². The second-order valence-electron chi connectivity index (χ2n) is 6.87. The maximum Gasteiger partial charge on any atom is 0.271 e. The number of carbonyl (C=O) groups excluding carboxylic acids is 1. The minimum absolute atomic E-state index is 0.125. The molecule has 1 N–H and O–H groups in total. The average molecular weight is 462 g/mol. The third-order valence-corrected chi connectivity index (χ3v) is 4.93. The van der Waals surface area contributed by atoms with Crippen LogP contribution in [0.1, 0.15) is 21.5 Å². The first kappa shape index (κ1) is 21.8.